The molecule has 0 bridgehead atoms. The summed E-state index contributed by atoms with van der Waals surface area (Å²) < 4.78 is 0. The molecule has 114 valence electrons. The molecule has 4 N–H and O–H groups in total. The lowest BCUT2D eigenvalue weighted by atomic mass is 9.66. The highest BCUT2D eigenvalue weighted by molar-refractivity contribution is 5.94. The highest BCUT2D eigenvalue weighted by Gasteiger charge is 2.37. The zero-order valence-corrected chi connectivity index (χ0v) is 12.7. The Morgan fingerprint density at radius 3 is 2.52 bits per heavy atom. The first-order valence-corrected chi connectivity index (χ1v) is 7.32. The summed E-state index contributed by atoms with van der Waals surface area (Å²) in [6, 6.07) is 5.48. The molecule has 1 aliphatic carbocycles. The molecular formula is C16H23N3O2. The van der Waals surface area contributed by atoms with E-state index in [0.717, 1.165) is 30.5 Å². The van der Waals surface area contributed by atoms with Gasteiger partial charge >= 0.3 is 0 Å². The molecular weight excluding hydrogens is 266 g/mol. The van der Waals surface area contributed by atoms with Gasteiger partial charge in [0, 0.05) is 24.7 Å². The SMILES string of the molecule is CC(=O)Nc1ccc(C)c(NC(=O)CC2(CN)CCC2)c1. The lowest BCUT2D eigenvalue weighted by molar-refractivity contribution is -0.119. The highest BCUT2D eigenvalue weighted by Crippen LogP contribution is 2.43. The lowest BCUT2D eigenvalue weighted by Gasteiger charge is -2.40. The Morgan fingerprint density at radius 1 is 1.29 bits per heavy atom. The van der Waals surface area contributed by atoms with Gasteiger partial charge < -0.3 is 16.4 Å². The zero-order chi connectivity index (χ0) is 15.5. The monoisotopic (exact) mass is 289 g/mol. The highest BCUT2D eigenvalue weighted by atomic mass is 16.2. The molecule has 0 aromatic heterocycles. The fraction of sp³-hybridized carbons (Fsp3) is 0.500. The van der Waals surface area contributed by atoms with E-state index in [1.165, 1.54) is 6.92 Å². The summed E-state index contributed by atoms with van der Waals surface area (Å²) in [5.41, 5.74) is 8.17. The molecule has 0 aliphatic heterocycles. The van der Waals surface area contributed by atoms with Crippen molar-refractivity contribution in [2.24, 2.45) is 11.1 Å². The molecule has 0 atom stereocenters. The summed E-state index contributed by atoms with van der Waals surface area (Å²) in [4.78, 5) is 23.3. The molecule has 0 heterocycles. The van der Waals surface area contributed by atoms with E-state index < -0.39 is 0 Å². The summed E-state index contributed by atoms with van der Waals surface area (Å²) in [5, 5.41) is 5.65. The predicted octanol–water partition coefficient (Wildman–Crippen LogP) is 2.41. The number of nitrogens with two attached hydrogens (primary N) is 1. The number of carbonyl (C=O) groups excluding carboxylic acids is 2. The van der Waals surface area contributed by atoms with E-state index in [1.54, 1.807) is 6.07 Å². The van der Waals surface area contributed by atoms with Crippen molar-refractivity contribution in [3.8, 4) is 0 Å². The molecule has 1 fully saturated rings. The van der Waals surface area contributed by atoms with Gasteiger partial charge in [0.05, 0.1) is 0 Å². The summed E-state index contributed by atoms with van der Waals surface area (Å²) in [7, 11) is 0. The maximum atomic E-state index is 12.2. The second-order valence-electron chi connectivity index (χ2n) is 5.99. The fourth-order valence-corrected chi connectivity index (χ4v) is 2.70. The first-order valence-electron chi connectivity index (χ1n) is 7.32. The molecule has 1 saturated carbocycles. The van der Waals surface area contributed by atoms with Gasteiger partial charge in [0.15, 0.2) is 0 Å². The quantitative estimate of drug-likeness (QED) is 0.778. The summed E-state index contributed by atoms with van der Waals surface area (Å²) in [5.74, 6) is -0.143. The van der Waals surface area contributed by atoms with Gasteiger partial charge in [-0.1, -0.05) is 12.5 Å². The normalized spacial score (nSPS) is 16.0. The zero-order valence-electron chi connectivity index (χ0n) is 12.7. The van der Waals surface area contributed by atoms with Crippen molar-refractivity contribution in [1.82, 2.24) is 0 Å². The minimum atomic E-state index is -0.132. The van der Waals surface area contributed by atoms with Crippen molar-refractivity contribution in [3.05, 3.63) is 23.8 Å². The minimum absolute atomic E-state index is 0.00671. The van der Waals surface area contributed by atoms with Crippen molar-refractivity contribution in [1.29, 1.82) is 0 Å². The first kappa shape index (κ1) is 15.5. The fourth-order valence-electron chi connectivity index (χ4n) is 2.70. The van der Waals surface area contributed by atoms with E-state index in [-0.39, 0.29) is 17.2 Å². The van der Waals surface area contributed by atoms with E-state index in [2.05, 4.69) is 10.6 Å². The van der Waals surface area contributed by atoms with Gasteiger partial charge in [0.1, 0.15) is 0 Å². The van der Waals surface area contributed by atoms with Crippen molar-refractivity contribution < 1.29 is 9.59 Å². The Morgan fingerprint density at radius 2 is 2.00 bits per heavy atom. The Hall–Kier alpha value is -1.88. The molecule has 0 spiro atoms. The van der Waals surface area contributed by atoms with Gasteiger partial charge in [0.2, 0.25) is 11.8 Å². The summed E-state index contributed by atoms with van der Waals surface area (Å²) >= 11 is 0. The van der Waals surface area contributed by atoms with Crippen LogP contribution < -0.4 is 16.4 Å². The smallest absolute Gasteiger partial charge is 0.224 e. The van der Waals surface area contributed by atoms with E-state index in [4.69, 9.17) is 5.73 Å². The number of amides is 2. The largest absolute Gasteiger partial charge is 0.330 e. The second kappa shape index (κ2) is 6.26. The predicted molar refractivity (Wildman–Crippen MR) is 84.1 cm³/mol. The first-order chi connectivity index (χ1) is 9.94. The summed E-state index contributed by atoms with van der Waals surface area (Å²) in [6.07, 6.45) is 3.68. The van der Waals surface area contributed by atoms with Crippen molar-refractivity contribution in [2.75, 3.05) is 17.2 Å². The Balaban J connectivity index is 2.04. The van der Waals surface area contributed by atoms with Gasteiger partial charge in [-0.25, -0.2) is 0 Å². The van der Waals surface area contributed by atoms with Crippen LogP contribution in [-0.4, -0.2) is 18.4 Å². The van der Waals surface area contributed by atoms with Crippen molar-refractivity contribution in [2.45, 2.75) is 39.5 Å². The van der Waals surface area contributed by atoms with Crippen LogP contribution >= 0.6 is 0 Å². The molecule has 1 aliphatic rings. The number of carbonyl (C=O) groups is 2. The number of hydrogen-bond donors (Lipinski definition) is 3. The van der Waals surface area contributed by atoms with Crippen LogP contribution in [0.1, 0.15) is 38.2 Å². The Bertz CT molecular complexity index is 545. The third-order valence-corrected chi connectivity index (χ3v) is 4.21. The van der Waals surface area contributed by atoms with Crippen molar-refractivity contribution in [3.63, 3.8) is 0 Å². The number of anilines is 2. The van der Waals surface area contributed by atoms with E-state index >= 15 is 0 Å². The van der Waals surface area contributed by atoms with Gasteiger partial charge in [-0.3, -0.25) is 9.59 Å². The van der Waals surface area contributed by atoms with Crippen LogP contribution in [0.3, 0.4) is 0 Å². The Kier molecular flexibility index (Phi) is 4.63. The molecule has 2 amide bonds. The molecule has 5 nitrogen and oxygen atoms in total. The third-order valence-electron chi connectivity index (χ3n) is 4.21. The third kappa shape index (κ3) is 3.82. The molecule has 2 rings (SSSR count). The maximum Gasteiger partial charge on any atom is 0.224 e. The van der Waals surface area contributed by atoms with Crippen LogP contribution in [0.25, 0.3) is 0 Å². The van der Waals surface area contributed by atoms with E-state index in [0.29, 0.717) is 18.7 Å². The van der Waals surface area contributed by atoms with Crippen LogP contribution in [0.4, 0.5) is 11.4 Å². The average Bonchev–Trinajstić information content (AvgIpc) is 2.37. The molecule has 0 saturated heterocycles. The number of hydrogen-bond acceptors (Lipinski definition) is 3. The Labute approximate surface area is 125 Å². The topological polar surface area (TPSA) is 84.2 Å². The average molecular weight is 289 g/mol. The van der Waals surface area contributed by atoms with E-state index in [9.17, 15) is 9.59 Å². The number of rotatable bonds is 5. The molecule has 21 heavy (non-hydrogen) atoms. The van der Waals surface area contributed by atoms with Crippen LogP contribution in [0.2, 0.25) is 0 Å². The number of nitrogens with one attached hydrogen (secondary N) is 2. The van der Waals surface area contributed by atoms with Crippen LogP contribution in [0.15, 0.2) is 18.2 Å². The van der Waals surface area contributed by atoms with Gasteiger partial charge in [-0.15, -0.1) is 0 Å². The maximum absolute atomic E-state index is 12.2. The molecule has 0 unspecified atom stereocenters. The van der Waals surface area contributed by atoms with E-state index in [1.807, 2.05) is 19.1 Å². The second-order valence-corrected chi connectivity index (χ2v) is 5.99. The van der Waals surface area contributed by atoms with Crippen molar-refractivity contribution >= 4 is 23.2 Å². The van der Waals surface area contributed by atoms with Crippen LogP contribution in [-0.2, 0) is 9.59 Å². The minimum Gasteiger partial charge on any atom is -0.330 e. The van der Waals surface area contributed by atoms with Crippen LogP contribution in [0.5, 0.6) is 0 Å². The summed E-state index contributed by atoms with van der Waals surface area (Å²) in [6.45, 7) is 3.94. The molecule has 5 heteroatoms. The standard InChI is InChI=1S/C16H23N3O2/c1-11-4-5-13(18-12(2)20)8-14(11)19-15(21)9-16(10-17)6-3-7-16/h4-5,8H,3,6-7,9-10,17H2,1-2H3,(H,18,20)(H,19,21). The van der Waals surface area contributed by atoms with Gasteiger partial charge in [0.25, 0.3) is 0 Å². The number of aryl methyl sites for hydroxylation is 1. The molecule has 1 aromatic rings. The number of benzene rings is 1. The van der Waals surface area contributed by atoms with Gasteiger partial charge in [-0.05, 0) is 49.4 Å². The molecule has 1 aromatic carbocycles. The van der Waals surface area contributed by atoms with Crippen LogP contribution in [0, 0.1) is 12.3 Å². The van der Waals surface area contributed by atoms with Gasteiger partial charge in [-0.2, -0.15) is 0 Å². The molecule has 0 radical (unpaired) electrons. The lowest BCUT2D eigenvalue weighted by Crippen LogP contribution is -2.40.